The van der Waals surface area contributed by atoms with E-state index in [1.54, 1.807) is 7.11 Å². The summed E-state index contributed by atoms with van der Waals surface area (Å²) >= 11 is 2.02. The average molecular weight is 205 g/mol. The number of nitrogens with one attached hydrogen (secondary N) is 1. The Morgan fingerprint density at radius 3 is 2.54 bits per heavy atom. The highest BCUT2D eigenvalue weighted by Crippen LogP contribution is 2.10. The van der Waals surface area contributed by atoms with E-state index in [9.17, 15) is 0 Å². The van der Waals surface area contributed by atoms with Crippen molar-refractivity contribution in [2.24, 2.45) is 0 Å². The summed E-state index contributed by atoms with van der Waals surface area (Å²) < 4.78 is 4.99. The number of thioether (sulfide) groups is 1. The Morgan fingerprint density at radius 2 is 2.00 bits per heavy atom. The highest BCUT2D eigenvalue weighted by molar-refractivity contribution is 7.99. The summed E-state index contributed by atoms with van der Waals surface area (Å²) in [5.41, 5.74) is 0. The van der Waals surface area contributed by atoms with Gasteiger partial charge in [-0.3, -0.25) is 0 Å². The second-order valence-electron chi connectivity index (χ2n) is 3.59. The van der Waals surface area contributed by atoms with Crippen LogP contribution in [0.5, 0.6) is 0 Å². The van der Waals surface area contributed by atoms with E-state index in [0.717, 1.165) is 19.6 Å². The van der Waals surface area contributed by atoms with Crippen molar-refractivity contribution >= 4 is 11.8 Å². The van der Waals surface area contributed by atoms with E-state index in [-0.39, 0.29) is 0 Å². The lowest BCUT2D eigenvalue weighted by Crippen LogP contribution is -2.29. The highest BCUT2D eigenvalue weighted by Gasteiger charge is 2.02. The molecule has 0 saturated heterocycles. The summed E-state index contributed by atoms with van der Waals surface area (Å²) in [5, 5.41) is 4.14. The van der Waals surface area contributed by atoms with E-state index >= 15 is 0 Å². The molecule has 1 unspecified atom stereocenters. The normalized spacial score (nSPS) is 13.6. The van der Waals surface area contributed by atoms with Gasteiger partial charge in [0.05, 0.1) is 0 Å². The molecule has 80 valence electrons. The lowest BCUT2D eigenvalue weighted by molar-refractivity contribution is 0.200. The Kier molecular flexibility index (Phi) is 9.03. The maximum atomic E-state index is 4.99. The second kappa shape index (κ2) is 8.85. The predicted octanol–water partition coefficient (Wildman–Crippen LogP) is 2.14. The van der Waals surface area contributed by atoms with Gasteiger partial charge >= 0.3 is 0 Å². The molecule has 13 heavy (non-hydrogen) atoms. The number of hydrogen-bond acceptors (Lipinski definition) is 3. The molecule has 0 rings (SSSR count). The van der Waals surface area contributed by atoms with Crippen molar-refractivity contribution in [2.45, 2.75) is 38.5 Å². The SMILES string of the molecule is COCCCSC(C)CNC(C)C. The van der Waals surface area contributed by atoms with Crippen molar-refractivity contribution < 1.29 is 4.74 Å². The molecule has 0 aromatic rings. The van der Waals surface area contributed by atoms with Crippen molar-refractivity contribution in [3.8, 4) is 0 Å². The van der Waals surface area contributed by atoms with Crippen LogP contribution in [0.3, 0.4) is 0 Å². The highest BCUT2D eigenvalue weighted by atomic mass is 32.2. The number of rotatable bonds is 8. The van der Waals surface area contributed by atoms with Gasteiger partial charge in [-0.1, -0.05) is 20.8 Å². The molecule has 0 aliphatic rings. The van der Waals surface area contributed by atoms with Crippen LogP contribution in [0.4, 0.5) is 0 Å². The van der Waals surface area contributed by atoms with Crippen LogP contribution in [0.15, 0.2) is 0 Å². The number of hydrogen-bond donors (Lipinski definition) is 1. The minimum Gasteiger partial charge on any atom is -0.385 e. The molecule has 0 aliphatic heterocycles. The van der Waals surface area contributed by atoms with Gasteiger partial charge in [0.2, 0.25) is 0 Å². The molecule has 0 radical (unpaired) electrons. The third-order valence-electron chi connectivity index (χ3n) is 1.71. The fourth-order valence-electron chi connectivity index (χ4n) is 0.948. The maximum Gasteiger partial charge on any atom is 0.0470 e. The lowest BCUT2D eigenvalue weighted by atomic mass is 10.3. The molecule has 0 fully saturated rings. The molecule has 1 atom stereocenters. The maximum absolute atomic E-state index is 4.99. The Balaban J connectivity index is 3.15. The second-order valence-corrected chi connectivity index (χ2v) is 5.14. The molecule has 0 amide bonds. The van der Waals surface area contributed by atoms with Gasteiger partial charge in [-0.25, -0.2) is 0 Å². The van der Waals surface area contributed by atoms with Crippen molar-refractivity contribution in [3.05, 3.63) is 0 Å². The summed E-state index contributed by atoms with van der Waals surface area (Å²) in [4.78, 5) is 0. The van der Waals surface area contributed by atoms with Crippen LogP contribution in [0.2, 0.25) is 0 Å². The average Bonchev–Trinajstić information content (AvgIpc) is 2.09. The van der Waals surface area contributed by atoms with E-state index in [0.29, 0.717) is 11.3 Å². The first-order valence-electron chi connectivity index (χ1n) is 5.00. The zero-order valence-electron chi connectivity index (χ0n) is 9.30. The van der Waals surface area contributed by atoms with Crippen molar-refractivity contribution in [3.63, 3.8) is 0 Å². The molecule has 0 saturated carbocycles. The standard InChI is InChI=1S/C10H23NOS/c1-9(2)11-8-10(3)13-7-5-6-12-4/h9-11H,5-8H2,1-4H3. The molecule has 0 spiro atoms. The van der Waals surface area contributed by atoms with Gasteiger partial charge in [-0.15, -0.1) is 0 Å². The van der Waals surface area contributed by atoms with E-state index in [1.807, 2.05) is 11.8 Å². The quantitative estimate of drug-likeness (QED) is 0.614. The molecule has 2 nitrogen and oxygen atoms in total. The Bertz CT molecular complexity index is 109. The van der Waals surface area contributed by atoms with Gasteiger partial charge in [0.15, 0.2) is 0 Å². The minimum absolute atomic E-state index is 0.599. The zero-order valence-corrected chi connectivity index (χ0v) is 10.1. The summed E-state index contributed by atoms with van der Waals surface area (Å²) in [6, 6.07) is 0.599. The van der Waals surface area contributed by atoms with Crippen LogP contribution in [0.1, 0.15) is 27.2 Å². The number of ether oxygens (including phenoxy) is 1. The fraction of sp³-hybridized carbons (Fsp3) is 1.00. The Hall–Kier alpha value is 0.270. The van der Waals surface area contributed by atoms with E-state index < -0.39 is 0 Å². The molecule has 0 aromatic carbocycles. The first-order valence-corrected chi connectivity index (χ1v) is 6.05. The lowest BCUT2D eigenvalue weighted by Gasteiger charge is -2.14. The van der Waals surface area contributed by atoms with Crippen LogP contribution in [0.25, 0.3) is 0 Å². The molecule has 0 heterocycles. The molecule has 1 N–H and O–H groups in total. The molecular weight excluding hydrogens is 182 g/mol. The van der Waals surface area contributed by atoms with Gasteiger partial charge < -0.3 is 10.1 Å². The zero-order chi connectivity index (χ0) is 10.1. The molecular formula is C10H23NOS. The summed E-state index contributed by atoms with van der Waals surface area (Å²) in [5.74, 6) is 1.20. The molecule has 0 aromatic heterocycles. The van der Waals surface area contributed by atoms with Crippen LogP contribution in [0, 0.1) is 0 Å². The van der Waals surface area contributed by atoms with Crippen LogP contribution in [-0.4, -0.2) is 37.3 Å². The number of methoxy groups -OCH3 is 1. The molecule has 3 heteroatoms. The van der Waals surface area contributed by atoms with Crippen LogP contribution < -0.4 is 5.32 Å². The van der Waals surface area contributed by atoms with Gasteiger partial charge in [0, 0.05) is 31.6 Å². The first-order chi connectivity index (χ1) is 6.16. The Labute approximate surface area is 86.8 Å². The van der Waals surface area contributed by atoms with Crippen molar-refractivity contribution in [2.75, 3.05) is 26.0 Å². The van der Waals surface area contributed by atoms with E-state index in [2.05, 4.69) is 26.1 Å². The Morgan fingerprint density at radius 1 is 1.31 bits per heavy atom. The first kappa shape index (κ1) is 13.3. The monoisotopic (exact) mass is 205 g/mol. The van der Waals surface area contributed by atoms with Crippen molar-refractivity contribution in [1.29, 1.82) is 0 Å². The third kappa shape index (κ3) is 10.2. The van der Waals surface area contributed by atoms with Crippen LogP contribution >= 0.6 is 11.8 Å². The van der Waals surface area contributed by atoms with Gasteiger partial charge in [-0.05, 0) is 12.2 Å². The molecule has 0 aliphatic carbocycles. The van der Waals surface area contributed by atoms with Crippen molar-refractivity contribution in [1.82, 2.24) is 5.32 Å². The summed E-state index contributed by atoms with van der Waals surface area (Å²) in [6.45, 7) is 8.63. The van der Waals surface area contributed by atoms with Gasteiger partial charge in [0.25, 0.3) is 0 Å². The van der Waals surface area contributed by atoms with Crippen LogP contribution in [-0.2, 0) is 4.74 Å². The predicted molar refractivity (Wildman–Crippen MR) is 61.6 cm³/mol. The molecule has 0 bridgehead atoms. The topological polar surface area (TPSA) is 21.3 Å². The summed E-state index contributed by atoms with van der Waals surface area (Å²) in [7, 11) is 1.76. The summed E-state index contributed by atoms with van der Waals surface area (Å²) in [6.07, 6.45) is 1.16. The third-order valence-corrected chi connectivity index (χ3v) is 2.97. The fourth-order valence-corrected chi connectivity index (χ4v) is 1.85. The smallest absolute Gasteiger partial charge is 0.0470 e. The van der Waals surface area contributed by atoms with E-state index in [4.69, 9.17) is 4.74 Å². The van der Waals surface area contributed by atoms with Gasteiger partial charge in [-0.2, -0.15) is 11.8 Å². The van der Waals surface area contributed by atoms with E-state index in [1.165, 1.54) is 5.75 Å². The minimum atomic E-state index is 0.599. The van der Waals surface area contributed by atoms with Gasteiger partial charge in [0.1, 0.15) is 0 Å². The largest absolute Gasteiger partial charge is 0.385 e.